The molecule has 0 spiro atoms. The highest BCUT2D eigenvalue weighted by atomic mass is 19.2. The summed E-state index contributed by atoms with van der Waals surface area (Å²) in [6, 6.07) is 9.51. The average Bonchev–Trinajstić information content (AvgIpc) is 3.28. The van der Waals surface area contributed by atoms with Gasteiger partial charge in [-0.15, -0.1) is 0 Å². The fourth-order valence-electron chi connectivity index (χ4n) is 4.17. The van der Waals surface area contributed by atoms with E-state index in [0.717, 1.165) is 19.0 Å². The quantitative estimate of drug-likeness (QED) is 0.239. The molecule has 0 radical (unpaired) electrons. The van der Waals surface area contributed by atoms with Gasteiger partial charge in [-0.2, -0.15) is 5.12 Å². The number of fused-ring (bicyclic) bond motifs is 1. The molecule has 1 aromatic heterocycles. The summed E-state index contributed by atoms with van der Waals surface area (Å²) >= 11 is 0. The van der Waals surface area contributed by atoms with Gasteiger partial charge in [0.25, 0.3) is 0 Å². The van der Waals surface area contributed by atoms with Gasteiger partial charge in [0, 0.05) is 30.6 Å². The third kappa shape index (κ3) is 6.81. The van der Waals surface area contributed by atoms with Gasteiger partial charge >= 0.3 is 0 Å². The molecule has 4 rings (SSSR count). The number of primary amides is 1. The van der Waals surface area contributed by atoms with E-state index in [2.05, 4.69) is 39.5 Å². The first kappa shape index (κ1) is 27.8. The van der Waals surface area contributed by atoms with Crippen LogP contribution in [-0.4, -0.2) is 69.8 Å². The number of hydrogen-bond donors (Lipinski definition) is 4. The van der Waals surface area contributed by atoms with Crippen molar-refractivity contribution in [2.75, 3.05) is 43.3 Å². The van der Waals surface area contributed by atoms with E-state index in [-0.39, 0.29) is 18.8 Å². The molecule has 3 aromatic rings. The highest BCUT2D eigenvalue weighted by Gasteiger charge is 2.27. The van der Waals surface area contributed by atoms with Gasteiger partial charge in [0.2, 0.25) is 5.91 Å². The van der Waals surface area contributed by atoms with Crippen molar-refractivity contribution < 1.29 is 23.4 Å². The summed E-state index contributed by atoms with van der Waals surface area (Å²) in [6.45, 7) is 5.97. The standard InChI is InChI=1S/C26H32F2N8O3/c1-17(2)34(10-11-37)9-4-12-39-18-7-8-19-21(13-18)30-16-31-26(19)32-24-15-35(14-23(29)38)36(33-24)22-6-3-5-20(27)25(22)28/h3,5-8,13,15-17,33,37H,4,9-12,14H2,1-2H3,(H2,29,38)(H,30,31,32). The number of nitrogens with zero attached hydrogens (tertiary/aromatic N) is 5. The lowest BCUT2D eigenvalue weighted by molar-refractivity contribution is -0.118. The zero-order valence-corrected chi connectivity index (χ0v) is 21.8. The molecule has 0 saturated heterocycles. The monoisotopic (exact) mass is 542 g/mol. The van der Waals surface area contributed by atoms with Gasteiger partial charge in [0.1, 0.15) is 35.9 Å². The average molecular weight is 543 g/mol. The molecule has 5 N–H and O–H groups in total. The maximum atomic E-state index is 14.5. The second-order valence-electron chi connectivity index (χ2n) is 9.18. The smallest absolute Gasteiger partial charge is 0.239 e. The zero-order chi connectivity index (χ0) is 27.9. The predicted octanol–water partition coefficient (Wildman–Crippen LogP) is 2.32. The Morgan fingerprint density at radius 1 is 1.23 bits per heavy atom. The molecular weight excluding hydrogens is 510 g/mol. The SMILES string of the molecule is CC(C)N(CCO)CCCOc1ccc2c(NC3=CN(CC(N)=O)N(c4cccc(F)c4F)N3)ncnc2c1. The van der Waals surface area contributed by atoms with Crippen LogP contribution in [0.3, 0.4) is 0 Å². The number of aromatic nitrogens is 2. The van der Waals surface area contributed by atoms with E-state index < -0.39 is 17.5 Å². The summed E-state index contributed by atoms with van der Waals surface area (Å²) in [5.74, 6) is -1.33. The maximum Gasteiger partial charge on any atom is 0.239 e. The number of halogens is 2. The van der Waals surface area contributed by atoms with Gasteiger partial charge in [-0.05, 0) is 44.5 Å². The Morgan fingerprint density at radius 3 is 2.79 bits per heavy atom. The van der Waals surface area contributed by atoms with Crippen LogP contribution in [0.4, 0.5) is 20.3 Å². The lowest BCUT2D eigenvalue weighted by Gasteiger charge is -2.29. The zero-order valence-electron chi connectivity index (χ0n) is 21.8. The number of aliphatic hydroxyl groups is 1. The van der Waals surface area contributed by atoms with E-state index in [4.69, 9.17) is 10.5 Å². The Bertz CT molecular complexity index is 1340. The van der Waals surface area contributed by atoms with Crippen LogP contribution >= 0.6 is 0 Å². The van der Waals surface area contributed by atoms with E-state index in [1.165, 1.54) is 34.8 Å². The van der Waals surface area contributed by atoms with Gasteiger partial charge in [-0.1, -0.05) is 6.07 Å². The van der Waals surface area contributed by atoms with E-state index in [1.807, 2.05) is 12.1 Å². The van der Waals surface area contributed by atoms with Gasteiger partial charge in [0.05, 0.1) is 24.9 Å². The number of anilines is 2. The van der Waals surface area contributed by atoms with Gasteiger partial charge in [0.15, 0.2) is 11.6 Å². The van der Waals surface area contributed by atoms with E-state index >= 15 is 0 Å². The van der Waals surface area contributed by atoms with Crippen molar-refractivity contribution in [3.63, 3.8) is 0 Å². The molecule has 0 unspecified atom stereocenters. The molecule has 0 aliphatic carbocycles. The minimum absolute atomic E-state index is 0.120. The summed E-state index contributed by atoms with van der Waals surface area (Å²) in [7, 11) is 0. The summed E-state index contributed by atoms with van der Waals surface area (Å²) < 4.78 is 34.3. The number of aliphatic hydroxyl groups excluding tert-OH is 1. The number of hydrogen-bond acceptors (Lipinski definition) is 10. The molecule has 1 aliphatic heterocycles. The minimum atomic E-state index is -1.08. The maximum absolute atomic E-state index is 14.5. The molecule has 0 fully saturated rings. The van der Waals surface area contributed by atoms with Crippen molar-refractivity contribution in [1.29, 1.82) is 0 Å². The van der Waals surface area contributed by atoms with Crippen molar-refractivity contribution in [2.24, 2.45) is 5.73 Å². The summed E-state index contributed by atoms with van der Waals surface area (Å²) in [6.07, 6.45) is 3.69. The fourth-order valence-corrected chi connectivity index (χ4v) is 4.17. The van der Waals surface area contributed by atoms with Crippen molar-refractivity contribution in [1.82, 2.24) is 25.3 Å². The van der Waals surface area contributed by atoms with Crippen LogP contribution in [0.15, 0.2) is 54.7 Å². The molecule has 0 bridgehead atoms. The third-order valence-corrected chi connectivity index (χ3v) is 6.08. The number of ether oxygens (including phenoxy) is 1. The number of amides is 1. The van der Waals surface area contributed by atoms with E-state index in [1.54, 1.807) is 6.07 Å². The fraction of sp³-hybridized carbons (Fsp3) is 0.346. The summed E-state index contributed by atoms with van der Waals surface area (Å²) in [5.41, 5.74) is 8.76. The van der Waals surface area contributed by atoms with Crippen LogP contribution in [-0.2, 0) is 4.79 Å². The predicted molar refractivity (Wildman–Crippen MR) is 143 cm³/mol. The molecule has 2 heterocycles. The lowest BCUT2D eigenvalue weighted by atomic mass is 10.2. The molecule has 1 amide bonds. The molecule has 39 heavy (non-hydrogen) atoms. The molecule has 0 atom stereocenters. The molecule has 11 nitrogen and oxygen atoms in total. The first-order valence-electron chi connectivity index (χ1n) is 12.5. The minimum Gasteiger partial charge on any atom is -0.493 e. The molecular formula is C26H32F2N8O3. The van der Waals surface area contributed by atoms with Gasteiger partial charge < -0.3 is 20.9 Å². The number of nitrogens with two attached hydrogens (primary N) is 1. The molecule has 2 aromatic carbocycles. The van der Waals surface area contributed by atoms with Crippen molar-refractivity contribution in [2.45, 2.75) is 26.3 Å². The first-order valence-corrected chi connectivity index (χ1v) is 12.5. The van der Waals surface area contributed by atoms with E-state index in [0.29, 0.717) is 47.5 Å². The summed E-state index contributed by atoms with van der Waals surface area (Å²) in [4.78, 5) is 22.4. The van der Waals surface area contributed by atoms with Crippen molar-refractivity contribution >= 4 is 28.3 Å². The summed E-state index contributed by atoms with van der Waals surface area (Å²) in [5, 5.41) is 15.5. The van der Waals surface area contributed by atoms with E-state index in [9.17, 15) is 18.7 Å². The number of nitrogens with one attached hydrogen (secondary N) is 2. The van der Waals surface area contributed by atoms with Crippen LogP contribution < -0.4 is 26.3 Å². The Labute approximate surface area is 224 Å². The number of hydrazine groups is 2. The number of benzene rings is 2. The highest BCUT2D eigenvalue weighted by molar-refractivity contribution is 5.90. The Kier molecular flexibility index (Phi) is 8.94. The van der Waals surface area contributed by atoms with Crippen molar-refractivity contribution in [3.8, 4) is 5.75 Å². The third-order valence-electron chi connectivity index (χ3n) is 6.08. The van der Waals surface area contributed by atoms with Crippen molar-refractivity contribution in [3.05, 3.63) is 66.4 Å². The topological polar surface area (TPSA) is 132 Å². The molecule has 13 heteroatoms. The first-order chi connectivity index (χ1) is 18.8. The van der Waals surface area contributed by atoms with Gasteiger partial charge in [-0.25, -0.2) is 18.7 Å². The highest BCUT2D eigenvalue weighted by Crippen LogP contribution is 2.28. The molecule has 1 aliphatic rings. The van der Waals surface area contributed by atoms with Crippen LogP contribution in [0.5, 0.6) is 5.75 Å². The number of carbonyl (C=O) groups is 1. The molecule has 208 valence electrons. The van der Waals surface area contributed by atoms with Crippen LogP contribution in [0.25, 0.3) is 10.9 Å². The largest absolute Gasteiger partial charge is 0.493 e. The lowest BCUT2D eigenvalue weighted by Crippen LogP contribution is -2.47. The Hall–Kier alpha value is -4.23. The number of rotatable bonds is 13. The Balaban J connectivity index is 1.46. The molecule has 0 saturated carbocycles. The Morgan fingerprint density at radius 2 is 2.05 bits per heavy atom. The van der Waals surface area contributed by atoms with Crippen LogP contribution in [0.1, 0.15) is 20.3 Å². The second-order valence-corrected chi connectivity index (χ2v) is 9.18. The number of carbonyl (C=O) groups excluding carboxylic acids is 1. The normalized spacial score (nSPS) is 13.3. The van der Waals surface area contributed by atoms with Gasteiger partial charge in [-0.3, -0.25) is 20.1 Å². The van der Waals surface area contributed by atoms with Crippen LogP contribution in [0, 0.1) is 11.6 Å². The second kappa shape index (κ2) is 12.5. The van der Waals surface area contributed by atoms with Crippen LogP contribution in [0.2, 0.25) is 0 Å².